The normalized spacial score (nSPS) is 11.8. The van der Waals surface area contributed by atoms with Gasteiger partial charge in [-0.3, -0.25) is 4.79 Å². The molecule has 0 aliphatic carbocycles. The number of nitrogens with one attached hydrogen (secondary N) is 2. The van der Waals surface area contributed by atoms with E-state index in [1.54, 1.807) is 65.1 Å². The number of rotatable bonds is 9. The fourth-order valence-electron chi connectivity index (χ4n) is 3.78. The molecule has 2 N–H and O–H groups in total. The van der Waals surface area contributed by atoms with E-state index in [1.165, 1.54) is 27.6 Å². The average molecular weight is 670 g/mol. The molecule has 0 saturated heterocycles. The van der Waals surface area contributed by atoms with Crippen molar-refractivity contribution in [3.05, 3.63) is 49.4 Å². The number of ether oxygens (including phenoxy) is 2. The molecule has 0 bridgehead atoms. The lowest BCUT2D eigenvalue weighted by atomic mass is 10.0. The monoisotopic (exact) mass is 668 g/mol. The Morgan fingerprint density at radius 2 is 1.60 bits per heavy atom. The zero-order chi connectivity index (χ0) is 32.1. The molecule has 0 aliphatic heterocycles. The topological polar surface area (TPSA) is 110 Å². The highest BCUT2D eigenvalue weighted by Crippen LogP contribution is 2.41. The van der Waals surface area contributed by atoms with Gasteiger partial charge >= 0.3 is 12.2 Å². The molecule has 0 atom stereocenters. The number of amides is 3. The first-order chi connectivity index (χ1) is 19.9. The lowest BCUT2D eigenvalue weighted by Gasteiger charge is -2.26. The number of thiophene rings is 1. The molecular weight excluding hydrogens is 631 g/mol. The predicted octanol–water partition coefficient (Wildman–Crippen LogP) is 8.70. The van der Waals surface area contributed by atoms with Crippen molar-refractivity contribution in [1.82, 2.24) is 15.6 Å². The second-order valence-electron chi connectivity index (χ2n) is 12.1. The smallest absolute Gasteiger partial charge is 0.421 e. The molecule has 234 valence electrons. The Bertz CT molecular complexity index is 1460. The van der Waals surface area contributed by atoms with Crippen LogP contribution in [0.15, 0.2) is 29.6 Å². The van der Waals surface area contributed by atoms with Gasteiger partial charge in [0.05, 0.1) is 21.4 Å². The maximum atomic E-state index is 13.7. The van der Waals surface area contributed by atoms with Crippen molar-refractivity contribution in [2.75, 3.05) is 18.0 Å². The quantitative estimate of drug-likeness (QED) is 0.221. The molecule has 0 unspecified atom stereocenters. The van der Waals surface area contributed by atoms with Gasteiger partial charge in [-0.15, -0.1) is 22.7 Å². The highest BCUT2D eigenvalue weighted by atomic mass is 35.5. The Balaban J connectivity index is 1.96. The lowest BCUT2D eigenvalue weighted by Crippen LogP contribution is -2.38. The summed E-state index contributed by atoms with van der Waals surface area (Å²) in [7, 11) is 0. The van der Waals surface area contributed by atoms with Gasteiger partial charge in [0.2, 0.25) is 0 Å². The van der Waals surface area contributed by atoms with E-state index in [2.05, 4.69) is 24.5 Å². The summed E-state index contributed by atoms with van der Waals surface area (Å²) in [5, 5.41) is 8.31. The second kappa shape index (κ2) is 14.3. The van der Waals surface area contributed by atoms with Crippen molar-refractivity contribution in [3.8, 4) is 11.3 Å². The van der Waals surface area contributed by atoms with Gasteiger partial charge in [0.1, 0.15) is 16.1 Å². The number of alkyl carbamates (subject to hydrolysis) is 1. The number of anilines is 2. The largest absolute Gasteiger partial charge is 0.444 e. The highest BCUT2D eigenvalue weighted by Gasteiger charge is 2.32. The fraction of sp³-hybridized carbons (Fsp3) is 0.467. The zero-order valence-electron chi connectivity index (χ0n) is 25.6. The van der Waals surface area contributed by atoms with Crippen molar-refractivity contribution in [2.24, 2.45) is 5.92 Å². The number of halogens is 2. The van der Waals surface area contributed by atoms with E-state index < -0.39 is 29.3 Å². The van der Waals surface area contributed by atoms with Crippen LogP contribution in [-0.4, -0.2) is 47.4 Å². The number of hydrogen-bond donors (Lipinski definition) is 2. The summed E-state index contributed by atoms with van der Waals surface area (Å²) >= 11 is 15.0. The van der Waals surface area contributed by atoms with Crippen LogP contribution in [0, 0.1) is 5.92 Å². The van der Waals surface area contributed by atoms with Gasteiger partial charge in [-0.25, -0.2) is 19.5 Å². The van der Waals surface area contributed by atoms with Crippen LogP contribution in [0.3, 0.4) is 0 Å². The first-order valence-electron chi connectivity index (χ1n) is 13.8. The summed E-state index contributed by atoms with van der Waals surface area (Å²) in [4.78, 5) is 46.4. The van der Waals surface area contributed by atoms with Crippen molar-refractivity contribution >= 4 is 74.8 Å². The first-order valence-corrected chi connectivity index (χ1v) is 16.2. The molecule has 1 aromatic carbocycles. The Morgan fingerprint density at radius 1 is 0.953 bits per heavy atom. The van der Waals surface area contributed by atoms with Crippen molar-refractivity contribution in [1.29, 1.82) is 0 Å². The molecule has 2 aromatic heterocycles. The molecule has 3 aromatic rings. The maximum Gasteiger partial charge on any atom is 0.421 e. The molecule has 2 heterocycles. The molecule has 9 nitrogen and oxygen atoms in total. The number of carbonyl (C=O) groups is 3. The van der Waals surface area contributed by atoms with Crippen molar-refractivity contribution in [3.63, 3.8) is 0 Å². The van der Waals surface area contributed by atoms with Crippen LogP contribution in [0.1, 0.15) is 69.9 Å². The number of carbonyl (C=O) groups excluding carboxylic acids is 3. The summed E-state index contributed by atoms with van der Waals surface area (Å²) < 4.78 is 11.0. The molecule has 13 heteroatoms. The standard InChI is InChI=1S/C30H38Cl2N4O5S2/c1-17(2)15-22-23(18-9-10-19(31)20(32)16-18)35-26(43-22)36(28(39)41-30(6,7)8)21-11-14-42-24(21)25(37)33-12-13-34-27(38)40-29(3,4)5/h9-11,14,16-17H,12-13,15H2,1-8H3,(H,33,37)(H,34,38). The molecule has 3 rings (SSSR count). The van der Waals surface area contributed by atoms with Gasteiger partial charge in [-0.2, -0.15) is 0 Å². The third-order valence-electron chi connectivity index (χ3n) is 5.41. The van der Waals surface area contributed by atoms with E-state index in [1.807, 2.05) is 6.07 Å². The Labute approximate surface area is 270 Å². The second-order valence-corrected chi connectivity index (χ2v) is 14.9. The predicted molar refractivity (Wildman–Crippen MR) is 175 cm³/mol. The molecule has 0 aliphatic rings. The van der Waals surface area contributed by atoms with Crippen LogP contribution < -0.4 is 15.5 Å². The Kier molecular flexibility index (Phi) is 11.5. The van der Waals surface area contributed by atoms with E-state index in [4.69, 9.17) is 37.7 Å². The van der Waals surface area contributed by atoms with Crippen molar-refractivity contribution < 1.29 is 23.9 Å². The summed E-state index contributed by atoms with van der Waals surface area (Å²) in [6.07, 6.45) is -0.540. The number of hydrogen-bond acceptors (Lipinski definition) is 8. The molecular formula is C30H38Cl2N4O5S2. The van der Waals surface area contributed by atoms with Crippen LogP contribution >= 0.6 is 45.9 Å². The van der Waals surface area contributed by atoms with Gasteiger partial charge in [0.25, 0.3) is 5.91 Å². The molecule has 0 fully saturated rings. The Morgan fingerprint density at radius 3 is 2.21 bits per heavy atom. The van der Waals surface area contributed by atoms with Crippen LogP contribution in [0.4, 0.5) is 20.4 Å². The number of nitrogens with zero attached hydrogens (tertiary/aromatic N) is 2. The molecule has 0 saturated carbocycles. The first kappa shape index (κ1) is 34.6. The van der Waals surface area contributed by atoms with Gasteiger partial charge in [-0.1, -0.05) is 43.1 Å². The van der Waals surface area contributed by atoms with Crippen LogP contribution in [0.25, 0.3) is 11.3 Å². The Hall–Kier alpha value is -2.86. The maximum absolute atomic E-state index is 13.7. The summed E-state index contributed by atoms with van der Waals surface area (Å²) in [5.41, 5.74) is 0.343. The van der Waals surface area contributed by atoms with E-state index in [-0.39, 0.29) is 13.1 Å². The SMILES string of the molecule is CC(C)Cc1sc(N(C(=O)OC(C)(C)C)c2ccsc2C(=O)NCCNC(=O)OC(C)(C)C)nc1-c1ccc(Cl)c(Cl)c1. The van der Waals surface area contributed by atoms with Gasteiger partial charge in [0.15, 0.2) is 5.13 Å². The molecule has 0 spiro atoms. The van der Waals surface area contributed by atoms with E-state index in [0.717, 1.165) is 10.4 Å². The number of benzene rings is 1. The summed E-state index contributed by atoms with van der Waals surface area (Å²) in [6, 6.07) is 6.98. The minimum Gasteiger partial charge on any atom is -0.444 e. The third-order valence-corrected chi connectivity index (χ3v) is 8.11. The third kappa shape index (κ3) is 10.1. The number of thiazole rings is 1. The van der Waals surface area contributed by atoms with Crippen LogP contribution in [0.2, 0.25) is 10.0 Å². The molecule has 3 amide bonds. The summed E-state index contributed by atoms with van der Waals surface area (Å²) in [6.45, 7) is 15.1. The molecule has 43 heavy (non-hydrogen) atoms. The molecule has 0 radical (unpaired) electrons. The van der Waals surface area contributed by atoms with E-state index >= 15 is 0 Å². The van der Waals surface area contributed by atoms with Gasteiger partial charge in [-0.05, 0) is 77.5 Å². The van der Waals surface area contributed by atoms with Crippen LogP contribution in [-0.2, 0) is 15.9 Å². The van der Waals surface area contributed by atoms with Crippen LogP contribution in [0.5, 0.6) is 0 Å². The summed E-state index contributed by atoms with van der Waals surface area (Å²) in [5.74, 6) is -0.102. The van der Waals surface area contributed by atoms with E-state index in [9.17, 15) is 14.4 Å². The van der Waals surface area contributed by atoms with E-state index in [0.29, 0.717) is 43.8 Å². The number of aromatic nitrogens is 1. The van der Waals surface area contributed by atoms with Gasteiger partial charge < -0.3 is 20.1 Å². The average Bonchev–Trinajstić information content (AvgIpc) is 3.49. The minimum absolute atomic E-state index is 0.152. The highest BCUT2D eigenvalue weighted by molar-refractivity contribution is 7.16. The zero-order valence-corrected chi connectivity index (χ0v) is 28.7. The lowest BCUT2D eigenvalue weighted by molar-refractivity contribution is 0.0525. The van der Waals surface area contributed by atoms with Gasteiger partial charge in [0, 0.05) is 23.5 Å². The van der Waals surface area contributed by atoms with Crippen molar-refractivity contribution in [2.45, 2.75) is 73.0 Å². The minimum atomic E-state index is -0.800. The fourth-order valence-corrected chi connectivity index (χ4v) is 6.17.